The second-order valence-corrected chi connectivity index (χ2v) is 4.75. The van der Waals surface area contributed by atoms with Crippen molar-refractivity contribution < 1.29 is 14.0 Å². The first-order chi connectivity index (χ1) is 9.04. The lowest BCUT2D eigenvalue weighted by Crippen LogP contribution is -2.03. The van der Waals surface area contributed by atoms with E-state index in [0.29, 0.717) is 23.3 Å². The number of amides is 1. The number of ketones is 1. The molecule has 0 unspecified atom stereocenters. The Labute approximate surface area is 110 Å². The van der Waals surface area contributed by atoms with E-state index in [0.717, 1.165) is 17.0 Å². The summed E-state index contributed by atoms with van der Waals surface area (Å²) in [5, 5.41) is 2.75. The van der Waals surface area contributed by atoms with Crippen LogP contribution in [-0.2, 0) is 11.2 Å². The molecule has 4 nitrogen and oxygen atoms in total. The number of anilines is 1. The molecule has 0 radical (unpaired) electrons. The van der Waals surface area contributed by atoms with E-state index in [9.17, 15) is 9.59 Å². The van der Waals surface area contributed by atoms with E-state index in [1.165, 1.54) is 0 Å². The molecule has 1 aliphatic rings. The molecule has 0 saturated carbocycles. The van der Waals surface area contributed by atoms with Crippen molar-refractivity contribution in [3.05, 3.63) is 52.5 Å². The van der Waals surface area contributed by atoms with Crippen molar-refractivity contribution in [2.75, 3.05) is 5.32 Å². The number of nitrogens with one attached hydrogen (secondary N) is 1. The van der Waals surface area contributed by atoms with Crippen LogP contribution in [0.3, 0.4) is 0 Å². The predicted octanol–water partition coefficient (Wildman–Crippen LogP) is 2.62. The summed E-state index contributed by atoms with van der Waals surface area (Å²) in [6, 6.07) is 7.02. The van der Waals surface area contributed by atoms with Crippen LogP contribution < -0.4 is 5.32 Å². The van der Waals surface area contributed by atoms with Gasteiger partial charge in [0, 0.05) is 11.3 Å². The Bertz CT molecular complexity index is 697. The first-order valence-electron chi connectivity index (χ1n) is 6.09. The van der Waals surface area contributed by atoms with Gasteiger partial charge in [0.25, 0.3) is 0 Å². The van der Waals surface area contributed by atoms with Gasteiger partial charge in [0.15, 0.2) is 5.78 Å². The number of carbonyl (C=O) groups excluding carboxylic acids is 2. The van der Waals surface area contributed by atoms with E-state index in [1.54, 1.807) is 31.2 Å². The zero-order valence-electron chi connectivity index (χ0n) is 10.7. The minimum Gasteiger partial charge on any atom is -0.466 e. The summed E-state index contributed by atoms with van der Waals surface area (Å²) in [7, 11) is 0. The summed E-state index contributed by atoms with van der Waals surface area (Å²) >= 11 is 0. The molecule has 0 bridgehead atoms. The van der Waals surface area contributed by atoms with Gasteiger partial charge < -0.3 is 9.73 Å². The Morgan fingerprint density at radius 3 is 2.74 bits per heavy atom. The molecular weight excluding hydrogens is 242 g/mol. The van der Waals surface area contributed by atoms with Gasteiger partial charge in [0.2, 0.25) is 5.91 Å². The van der Waals surface area contributed by atoms with Crippen molar-refractivity contribution in [2.45, 2.75) is 20.3 Å². The van der Waals surface area contributed by atoms with Gasteiger partial charge in [-0.25, -0.2) is 0 Å². The van der Waals surface area contributed by atoms with Gasteiger partial charge in [-0.05, 0) is 43.7 Å². The van der Waals surface area contributed by atoms with Crippen LogP contribution in [0.5, 0.6) is 0 Å². The maximum Gasteiger partial charge on any atom is 0.228 e. The Balaban J connectivity index is 1.99. The molecule has 0 aliphatic carbocycles. The molecular formula is C15H13NO3. The van der Waals surface area contributed by atoms with Crippen molar-refractivity contribution in [1.82, 2.24) is 0 Å². The molecule has 1 aromatic carbocycles. The normalized spacial score (nSPS) is 13.3. The smallest absolute Gasteiger partial charge is 0.228 e. The number of benzene rings is 1. The van der Waals surface area contributed by atoms with Crippen LogP contribution in [0.1, 0.15) is 33.0 Å². The standard InChI is InChI=1S/C15H13NO3/c1-8-5-12(9(2)19-8)15(18)10-3-4-13-11(6-10)7-14(17)16-13/h3-6H,7H2,1-2H3,(H,16,17). The minimum atomic E-state index is -0.0727. The molecule has 0 saturated heterocycles. The van der Waals surface area contributed by atoms with E-state index >= 15 is 0 Å². The van der Waals surface area contributed by atoms with Gasteiger partial charge in [-0.2, -0.15) is 0 Å². The van der Waals surface area contributed by atoms with E-state index < -0.39 is 0 Å². The molecule has 96 valence electrons. The predicted molar refractivity (Wildman–Crippen MR) is 70.4 cm³/mol. The highest BCUT2D eigenvalue weighted by atomic mass is 16.3. The molecule has 1 aromatic heterocycles. The highest BCUT2D eigenvalue weighted by Gasteiger charge is 2.21. The monoisotopic (exact) mass is 255 g/mol. The lowest BCUT2D eigenvalue weighted by molar-refractivity contribution is -0.115. The van der Waals surface area contributed by atoms with Gasteiger partial charge in [-0.1, -0.05) is 0 Å². The molecule has 19 heavy (non-hydrogen) atoms. The molecule has 0 atom stereocenters. The number of fused-ring (bicyclic) bond motifs is 1. The molecule has 3 rings (SSSR count). The van der Waals surface area contributed by atoms with Crippen molar-refractivity contribution >= 4 is 17.4 Å². The van der Waals surface area contributed by atoms with Crippen LogP contribution in [-0.4, -0.2) is 11.7 Å². The molecule has 2 aromatic rings. The van der Waals surface area contributed by atoms with Gasteiger partial charge in [-0.3, -0.25) is 9.59 Å². The average Bonchev–Trinajstić information content (AvgIpc) is 2.88. The van der Waals surface area contributed by atoms with Crippen LogP contribution in [0, 0.1) is 13.8 Å². The average molecular weight is 255 g/mol. The van der Waals surface area contributed by atoms with E-state index in [1.807, 2.05) is 6.92 Å². The van der Waals surface area contributed by atoms with Crippen LogP contribution >= 0.6 is 0 Å². The second-order valence-electron chi connectivity index (χ2n) is 4.75. The van der Waals surface area contributed by atoms with Gasteiger partial charge in [0.1, 0.15) is 11.5 Å². The Kier molecular flexibility index (Phi) is 2.52. The molecule has 1 aliphatic heterocycles. The van der Waals surface area contributed by atoms with Gasteiger partial charge >= 0.3 is 0 Å². The summed E-state index contributed by atoms with van der Waals surface area (Å²) in [5.74, 6) is 1.24. The topological polar surface area (TPSA) is 59.3 Å². The SMILES string of the molecule is Cc1cc(C(=O)c2ccc3c(c2)CC(=O)N3)c(C)o1. The van der Waals surface area contributed by atoms with Gasteiger partial charge in [0.05, 0.1) is 12.0 Å². The lowest BCUT2D eigenvalue weighted by atomic mass is 10.0. The Morgan fingerprint density at radius 2 is 2.05 bits per heavy atom. The van der Waals surface area contributed by atoms with Crippen molar-refractivity contribution in [3.8, 4) is 0 Å². The lowest BCUT2D eigenvalue weighted by Gasteiger charge is -2.02. The number of rotatable bonds is 2. The number of carbonyl (C=O) groups is 2. The molecule has 0 spiro atoms. The summed E-state index contributed by atoms with van der Waals surface area (Å²) in [6.45, 7) is 3.59. The fraction of sp³-hybridized carbons (Fsp3) is 0.200. The quantitative estimate of drug-likeness (QED) is 0.839. The maximum absolute atomic E-state index is 12.4. The maximum atomic E-state index is 12.4. The van der Waals surface area contributed by atoms with E-state index in [4.69, 9.17) is 4.42 Å². The highest BCUT2D eigenvalue weighted by Crippen LogP contribution is 2.26. The second kappa shape index (κ2) is 4.09. The molecule has 4 heteroatoms. The van der Waals surface area contributed by atoms with E-state index in [2.05, 4.69) is 5.32 Å². The van der Waals surface area contributed by atoms with Crippen LogP contribution in [0.15, 0.2) is 28.7 Å². The molecule has 1 N–H and O–H groups in total. The van der Waals surface area contributed by atoms with Gasteiger partial charge in [-0.15, -0.1) is 0 Å². The zero-order valence-corrected chi connectivity index (χ0v) is 10.7. The van der Waals surface area contributed by atoms with Crippen LogP contribution in [0.25, 0.3) is 0 Å². The van der Waals surface area contributed by atoms with Crippen molar-refractivity contribution in [3.63, 3.8) is 0 Å². The molecule has 2 heterocycles. The van der Waals surface area contributed by atoms with Crippen LogP contribution in [0.2, 0.25) is 0 Å². The summed E-state index contributed by atoms with van der Waals surface area (Å²) in [5.41, 5.74) is 2.82. The number of hydrogen-bond acceptors (Lipinski definition) is 3. The fourth-order valence-electron chi connectivity index (χ4n) is 2.38. The number of hydrogen-bond donors (Lipinski definition) is 1. The third-order valence-electron chi connectivity index (χ3n) is 3.28. The Morgan fingerprint density at radius 1 is 1.26 bits per heavy atom. The zero-order chi connectivity index (χ0) is 13.6. The largest absolute Gasteiger partial charge is 0.466 e. The third-order valence-corrected chi connectivity index (χ3v) is 3.28. The summed E-state index contributed by atoms with van der Waals surface area (Å²) < 4.78 is 5.38. The van der Waals surface area contributed by atoms with Crippen molar-refractivity contribution in [2.24, 2.45) is 0 Å². The minimum absolute atomic E-state index is 0.0325. The summed E-state index contributed by atoms with van der Waals surface area (Å²) in [6.07, 6.45) is 0.333. The van der Waals surface area contributed by atoms with E-state index in [-0.39, 0.29) is 11.7 Å². The number of furan rings is 1. The fourth-order valence-corrected chi connectivity index (χ4v) is 2.38. The molecule has 0 fully saturated rings. The Hall–Kier alpha value is -2.36. The number of aryl methyl sites for hydroxylation is 2. The van der Waals surface area contributed by atoms with Crippen LogP contribution in [0.4, 0.5) is 5.69 Å². The summed E-state index contributed by atoms with van der Waals surface area (Å²) in [4.78, 5) is 23.7. The molecule has 1 amide bonds. The highest BCUT2D eigenvalue weighted by molar-refractivity contribution is 6.10. The first-order valence-corrected chi connectivity index (χ1v) is 6.09. The van der Waals surface area contributed by atoms with Crippen molar-refractivity contribution in [1.29, 1.82) is 0 Å². The first kappa shape index (κ1) is 11.7. The third kappa shape index (κ3) is 1.95.